The SMILES string of the molecule is CCCCC(c1nnnn1CCOC)N1CCN(c2cccc(OC)c2)CC1.Cl. The van der Waals surface area contributed by atoms with Crippen molar-refractivity contribution >= 4 is 18.1 Å². The number of ether oxygens (including phenoxy) is 2. The molecule has 3 rings (SSSR count). The van der Waals surface area contributed by atoms with E-state index in [4.69, 9.17) is 9.47 Å². The van der Waals surface area contributed by atoms with Crippen LogP contribution in [0.3, 0.4) is 0 Å². The Morgan fingerprint density at radius 3 is 2.62 bits per heavy atom. The fourth-order valence-electron chi connectivity index (χ4n) is 3.76. The Labute approximate surface area is 179 Å². The second-order valence-electron chi connectivity index (χ2n) is 7.14. The van der Waals surface area contributed by atoms with Crippen molar-refractivity contribution < 1.29 is 9.47 Å². The molecule has 1 unspecified atom stereocenters. The first kappa shape index (κ1) is 23.4. The fraction of sp³-hybridized carbons (Fsp3) is 0.650. The summed E-state index contributed by atoms with van der Waals surface area (Å²) < 4.78 is 12.5. The van der Waals surface area contributed by atoms with E-state index in [0.717, 1.165) is 50.6 Å². The van der Waals surface area contributed by atoms with Crippen molar-refractivity contribution in [2.24, 2.45) is 0 Å². The van der Waals surface area contributed by atoms with Gasteiger partial charge in [0.25, 0.3) is 0 Å². The first-order valence-electron chi connectivity index (χ1n) is 10.1. The summed E-state index contributed by atoms with van der Waals surface area (Å²) in [6, 6.07) is 8.54. The van der Waals surface area contributed by atoms with Crippen molar-refractivity contribution in [3.63, 3.8) is 0 Å². The molecule has 29 heavy (non-hydrogen) atoms. The first-order valence-corrected chi connectivity index (χ1v) is 10.1. The van der Waals surface area contributed by atoms with Crippen molar-refractivity contribution in [3.05, 3.63) is 30.1 Å². The number of halogens is 1. The van der Waals surface area contributed by atoms with Gasteiger partial charge in [-0.1, -0.05) is 25.8 Å². The molecule has 0 amide bonds. The molecule has 1 saturated heterocycles. The highest BCUT2D eigenvalue weighted by Crippen LogP contribution is 2.28. The number of hydrogen-bond acceptors (Lipinski definition) is 7. The van der Waals surface area contributed by atoms with E-state index in [-0.39, 0.29) is 18.4 Å². The Morgan fingerprint density at radius 1 is 1.14 bits per heavy atom. The zero-order chi connectivity index (χ0) is 19.8. The van der Waals surface area contributed by atoms with Crippen molar-refractivity contribution in [2.75, 3.05) is 51.9 Å². The maximum absolute atomic E-state index is 5.37. The number of unbranched alkanes of at least 4 members (excludes halogenated alkanes) is 1. The molecule has 162 valence electrons. The van der Waals surface area contributed by atoms with Crippen LogP contribution >= 0.6 is 12.4 Å². The lowest BCUT2D eigenvalue weighted by atomic mass is 10.1. The normalized spacial score (nSPS) is 15.8. The number of methoxy groups -OCH3 is 2. The van der Waals surface area contributed by atoms with Crippen LogP contribution in [0.1, 0.15) is 38.1 Å². The van der Waals surface area contributed by atoms with Crippen molar-refractivity contribution in [1.82, 2.24) is 25.1 Å². The lowest BCUT2D eigenvalue weighted by Crippen LogP contribution is -2.48. The second-order valence-corrected chi connectivity index (χ2v) is 7.14. The molecule has 0 radical (unpaired) electrons. The summed E-state index contributed by atoms with van der Waals surface area (Å²) in [7, 11) is 3.42. The van der Waals surface area contributed by atoms with Crippen LogP contribution in [0, 0.1) is 0 Å². The van der Waals surface area contributed by atoms with Gasteiger partial charge in [-0.15, -0.1) is 17.5 Å². The van der Waals surface area contributed by atoms with Gasteiger partial charge in [-0.2, -0.15) is 0 Å². The average molecular weight is 425 g/mol. The van der Waals surface area contributed by atoms with Crippen molar-refractivity contribution in [3.8, 4) is 5.75 Å². The summed E-state index contributed by atoms with van der Waals surface area (Å²) in [5.41, 5.74) is 1.22. The standard InChI is InChI=1S/C20H32N6O2.ClH/c1-4-5-9-19(20-21-22-23-26(20)14-15-27-2)25-12-10-24(11-13-25)17-7-6-8-18(16-17)28-3;/h6-8,16,19H,4-5,9-15H2,1-3H3;1H. The molecule has 2 aromatic rings. The van der Waals surface area contributed by atoms with Crippen LogP contribution in [0.4, 0.5) is 5.69 Å². The molecule has 0 aliphatic carbocycles. The van der Waals surface area contributed by atoms with Gasteiger partial charge in [0.1, 0.15) is 5.75 Å². The van der Waals surface area contributed by atoms with Crippen molar-refractivity contribution in [1.29, 1.82) is 0 Å². The first-order chi connectivity index (χ1) is 13.8. The van der Waals surface area contributed by atoms with Crippen molar-refractivity contribution in [2.45, 2.75) is 38.8 Å². The maximum Gasteiger partial charge on any atom is 0.168 e. The number of aromatic nitrogens is 4. The molecule has 1 atom stereocenters. The van der Waals surface area contributed by atoms with Crippen LogP contribution in [0.5, 0.6) is 5.75 Å². The van der Waals surface area contributed by atoms with Crippen LogP contribution < -0.4 is 9.64 Å². The van der Waals surface area contributed by atoms with E-state index in [9.17, 15) is 0 Å². The van der Waals surface area contributed by atoms with E-state index < -0.39 is 0 Å². The number of nitrogens with zero attached hydrogens (tertiary/aromatic N) is 6. The van der Waals surface area contributed by atoms with E-state index >= 15 is 0 Å². The third-order valence-corrected chi connectivity index (χ3v) is 5.37. The molecular weight excluding hydrogens is 392 g/mol. The molecule has 1 aromatic heterocycles. The summed E-state index contributed by atoms with van der Waals surface area (Å²) in [6.07, 6.45) is 3.40. The fourth-order valence-corrected chi connectivity index (χ4v) is 3.76. The Morgan fingerprint density at radius 2 is 1.93 bits per heavy atom. The molecule has 1 aromatic carbocycles. The summed E-state index contributed by atoms with van der Waals surface area (Å²) in [5, 5.41) is 12.5. The maximum atomic E-state index is 5.37. The third kappa shape index (κ3) is 6.04. The Bertz CT molecular complexity index is 721. The van der Waals surface area contributed by atoms with E-state index in [1.807, 2.05) is 10.7 Å². The molecule has 9 heteroatoms. The van der Waals surface area contributed by atoms with Crippen LogP contribution in [-0.4, -0.2) is 72.1 Å². The summed E-state index contributed by atoms with van der Waals surface area (Å²) in [5.74, 6) is 1.86. The zero-order valence-electron chi connectivity index (χ0n) is 17.7. The van der Waals surface area contributed by atoms with Gasteiger partial charge in [-0.3, -0.25) is 4.90 Å². The molecule has 1 fully saturated rings. The molecule has 8 nitrogen and oxygen atoms in total. The van der Waals surface area contributed by atoms with E-state index in [0.29, 0.717) is 13.2 Å². The van der Waals surface area contributed by atoms with Gasteiger partial charge in [0.05, 0.1) is 26.3 Å². The molecule has 2 heterocycles. The number of anilines is 1. The van der Waals surface area contributed by atoms with Gasteiger partial charge in [0.2, 0.25) is 0 Å². The second kappa shape index (κ2) is 11.9. The van der Waals surface area contributed by atoms with E-state index in [1.54, 1.807) is 14.2 Å². The van der Waals surface area contributed by atoms with Gasteiger partial charge >= 0.3 is 0 Å². The van der Waals surface area contributed by atoms with Gasteiger partial charge in [0, 0.05) is 45.0 Å². The van der Waals surface area contributed by atoms with Crippen LogP contribution in [0.2, 0.25) is 0 Å². The number of benzene rings is 1. The zero-order valence-corrected chi connectivity index (χ0v) is 18.5. The highest BCUT2D eigenvalue weighted by atomic mass is 35.5. The lowest BCUT2D eigenvalue weighted by molar-refractivity contribution is 0.152. The van der Waals surface area contributed by atoms with Crippen LogP contribution in [0.15, 0.2) is 24.3 Å². The minimum atomic E-state index is 0. The average Bonchev–Trinajstić information content (AvgIpc) is 3.21. The predicted molar refractivity (Wildman–Crippen MR) is 116 cm³/mol. The quantitative estimate of drug-likeness (QED) is 0.580. The molecule has 0 N–H and O–H groups in total. The van der Waals surface area contributed by atoms with Gasteiger partial charge in [-0.05, 0) is 29.0 Å². The Kier molecular flexibility index (Phi) is 9.63. The monoisotopic (exact) mass is 424 g/mol. The summed E-state index contributed by atoms with van der Waals surface area (Å²) >= 11 is 0. The topological polar surface area (TPSA) is 68.5 Å². The minimum Gasteiger partial charge on any atom is -0.497 e. The third-order valence-electron chi connectivity index (χ3n) is 5.37. The number of hydrogen-bond donors (Lipinski definition) is 0. The van der Waals surface area contributed by atoms with Gasteiger partial charge in [-0.25, -0.2) is 4.68 Å². The highest BCUT2D eigenvalue weighted by Gasteiger charge is 2.28. The van der Waals surface area contributed by atoms with Gasteiger partial charge < -0.3 is 14.4 Å². The lowest BCUT2D eigenvalue weighted by Gasteiger charge is -2.39. The largest absolute Gasteiger partial charge is 0.497 e. The summed E-state index contributed by atoms with van der Waals surface area (Å²) in [6.45, 7) is 7.47. The smallest absolute Gasteiger partial charge is 0.168 e. The molecular formula is C20H33ClN6O2. The van der Waals surface area contributed by atoms with E-state index in [1.165, 1.54) is 12.1 Å². The summed E-state index contributed by atoms with van der Waals surface area (Å²) in [4.78, 5) is 4.95. The van der Waals surface area contributed by atoms with E-state index in [2.05, 4.69) is 50.4 Å². The number of rotatable bonds is 10. The molecule has 1 aliphatic rings. The molecule has 1 aliphatic heterocycles. The minimum absolute atomic E-state index is 0. The molecule has 0 saturated carbocycles. The van der Waals surface area contributed by atoms with Gasteiger partial charge in [0.15, 0.2) is 5.82 Å². The number of tetrazole rings is 1. The highest BCUT2D eigenvalue weighted by molar-refractivity contribution is 5.85. The predicted octanol–water partition coefficient (Wildman–Crippen LogP) is 2.80. The Hall–Kier alpha value is -1.90. The molecule has 0 bridgehead atoms. The number of piperazine rings is 1. The Balaban J connectivity index is 0.00000300. The molecule has 0 spiro atoms. The van der Waals surface area contributed by atoms with Crippen LogP contribution in [0.25, 0.3) is 0 Å². The van der Waals surface area contributed by atoms with Crippen LogP contribution in [-0.2, 0) is 11.3 Å².